The Hall–Kier alpha value is -0.680. The molecule has 130 valence electrons. The number of rotatable bonds is 5. The number of nitrogens with one attached hydrogen (secondary N) is 1. The van der Waals surface area contributed by atoms with Crippen molar-refractivity contribution in [2.45, 2.75) is 52.3 Å². The first-order chi connectivity index (χ1) is 10.8. The van der Waals surface area contributed by atoms with Gasteiger partial charge in [0.2, 0.25) is 0 Å². The summed E-state index contributed by atoms with van der Waals surface area (Å²) in [7, 11) is 0. The zero-order chi connectivity index (χ0) is 17.0. The molecule has 5 heteroatoms. The maximum absolute atomic E-state index is 13.9. The third kappa shape index (κ3) is 5.42. The van der Waals surface area contributed by atoms with Gasteiger partial charge in [-0.25, -0.2) is 4.39 Å². The van der Waals surface area contributed by atoms with Gasteiger partial charge < -0.3 is 10.4 Å². The Bertz CT molecular complexity index is 490. The summed E-state index contributed by atoms with van der Waals surface area (Å²) in [5.74, 6) is -0.231. The average Bonchev–Trinajstić information content (AvgIpc) is 2.49. The second-order valence-corrected chi connectivity index (χ2v) is 7.95. The first-order valence-electron chi connectivity index (χ1n) is 8.34. The van der Waals surface area contributed by atoms with Gasteiger partial charge in [-0.05, 0) is 43.5 Å². The maximum Gasteiger partial charge on any atom is 0.129 e. The molecule has 3 nitrogen and oxygen atoms in total. The summed E-state index contributed by atoms with van der Waals surface area (Å²) in [4.78, 5) is 2.24. The molecule has 0 radical (unpaired) electrons. The Balaban J connectivity index is 1.78. The largest absolute Gasteiger partial charge is 0.391 e. The Morgan fingerprint density at radius 3 is 2.57 bits per heavy atom. The smallest absolute Gasteiger partial charge is 0.129 e. The highest BCUT2D eigenvalue weighted by Gasteiger charge is 2.25. The van der Waals surface area contributed by atoms with Crippen molar-refractivity contribution < 1.29 is 9.50 Å². The molecule has 23 heavy (non-hydrogen) atoms. The van der Waals surface area contributed by atoms with Gasteiger partial charge in [0.15, 0.2) is 0 Å². The molecule has 1 heterocycles. The topological polar surface area (TPSA) is 35.5 Å². The van der Waals surface area contributed by atoms with E-state index in [0.29, 0.717) is 29.7 Å². The Morgan fingerprint density at radius 1 is 1.35 bits per heavy atom. The van der Waals surface area contributed by atoms with Gasteiger partial charge in [-0.3, -0.25) is 4.90 Å². The molecule has 1 aliphatic rings. The first-order valence-corrected chi connectivity index (χ1v) is 8.72. The van der Waals surface area contributed by atoms with Crippen molar-refractivity contribution in [2.24, 2.45) is 5.41 Å². The summed E-state index contributed by atoms with van der Waals surface area (Å²) in [6.07, 6.45) is 1.66. The number of likely N-dealkylation sites (tertiary alicyclic amines) is 1. The molecule has 1 fully saturated rings. The van der Waals surface area contributed by atoms with E-state index in [9.17, 15) is 9.50 Å². The van der Waals surface area contributed by atoms with Crippen LogP contribution in [0.5, 0.6) is 0 Å². The molecule has 1 atom stereocenters. The summed E-state index contributed by atoms with van der Waals surface area (Å²) in [5, 5.41) is 14.1. The number of aliphatic hydroxyl groups is 1. The van der Waals surface area contributed by atoms with Crippen LogP contribution < -0.4 is 5.32 Å². The molecular formula is C18H28ClFN2O. The highest BCUT2D eigenvalue weighted by Crippen LogP contribution is 2.23. The monoisotopic (exact) mass is 342 g/mol. The van der Waals surface area contributed by atoms with Crippen molar-refractivity contribution in [3.05, 3.63) is 34.6 Å². The number of aliphatic hydroxyl groups excluding tert-OH is 1. The van der Waals surface area contributed by atoms with Gasteiger partial charge in [0, 0.05) is 29.7 Å². The molecule has 0 aliphatic carbocycles. The Kier molecular flexibility index (Phi) is 6.43. The lowest BCUT2D eigenvalue weighted by Crippen LogP contribution is -2.46. The minimum Gasteiger partial charge on any atom is -0.391 e. The summed E-state index contributed by atoms with van der Waals surface area (Å²) in [5.41, 5.74) is 0.485. The van der Waals surface area contributed by atoms with Crippen LogP contribution in [0.2, 0.25) is 5.02 Å². The van der Waals surface area contributed by atoms with E-state index >= 15 is 0 Å². The van der Waals surface area contributed by atoms with Crippen LogP contribution in [0.25, 0.3) is 0 Å². The second kappa shape index (κ2) is 7.93. The first kappa shape index (κ1) is 18.7. The van der Waals surface area contributed by atoms with Crippen molar-refractivity contribution in [3.63, 3.8) is 0 Å². The molecule has 1 unspecified atom stereocenters. The molecule has 0 amide bonds. The summed E-state index contributed by atoms with van der Waals surface area (Å²) < 4.78 is 13.9. The van der Waals surface area contributed by atoms with Gasteiger partial charge in [-0.15, -0.1) is 0 Å². The van der Waals surface area contributed by atoms with E-state index in [2.05, 4.69) is 10.2 Å². The van der Waals surface area contributed by atoms with Gasteiger partial charge in [0.1, 0.15) is 5.82 Å². The van der Waals surface area contributed by atoms with Gasteiger partial charge in [0.05, 0.1) is 6.10 Å². The third-order valence-electron chi connectivity index (χ3n) is 4.63. The average molecular weight is 343 g/mol. The van der Waals surface area contributed by atoms with E-state index < -0.39 is 0 Å². The lowest BCUT2D eigenvalue weighted by molar-refractivity contribution is 0.0570. The molecule has 1 aromatic rings. The van der Waals surface area contributed by atoms with Crippen molar-refractivity contribution in [2.75, 3.05) is 19.6 Å². The molecule has 1 aliphatic heterocycles. The number of benzene rings is 1. The normalized spacial score (nSPS) is 19.0. The van der Waals surface area contributed by atoms with Crippen LogP contribution in [0.4, 0.5) is 4.39 Å². The zero-order valence-corrected chi connectivity index (χ0v) is 15.0. The minimum atomic E-state index is -0.349. The van der Waals surface area contributed by atoms with Gasteiger partial charge >= 0.3 is 0 Å². The third-order valence-corrected chi connectivity index (χ3v) is 4.98. The minimum absolute atomic E-state index is 0.102. The van der Waals surface area contributed by atoms with Crippen LogP contribution in [0.1, 0.15) is 39.2 Å². The van der Waals surface area contributed by atoms with Crippen LogP contribution in [0.3, 0.4) is 0 Å². The lowest BCUT2D eigenvalue weighted by atomic mass is 9.89. The molecule has 0 aromatic heterocycles. The fourth-order valence-corrected chi connectivity index (χ4v) is 3.01. The Labute approximate surface area is 143 Å². The van der Waals surface area contributed by atoms with Crippen LogP contribution in [0, 0.1) is 11.2 Å². The van der Waals surface area contributed by atoms with Gasteiger partial charge in [-0.2, -0.15) is 0 Å². The number of nitrogens with zero attached hydrogens (tertiary/aromatic N) is 1. The standard InChI is InChI=1S/C18H28ClFN2O/c1-18(2,3)17(23)11-21-13-7-9-22(10-8-13)12-14-15(19)5-4-6-16(14)20/h4-6,13,17,21,23H,7-12H2,1-3H3. The van der Waals surface area contributed by atoms with Crippen molar-refractivity contribution >= 4 is 11.6 Å². The lowest BCUT2D eigenvalue weighted by Gasteiger charge is -2.34. The number of halogens is 2. The summed E-state index contributed by atoms with van der Waals surface area (Å²) >= 11 is 6.10. The molecule has 2 N–H and O–H groups in total. The number of hydrogen-bond donors (Lipinski definition) is 2. The van der Waals surface area contributed by atoms with E-state index in [-0.39, 0.29) is 17.3 Å². The molecule has 1 aromatic carbocycles. The van der Waals surface area contributed by atoms with Gasteiger partial charge in [-0.1, -0.05) is 38.4 Å². The van der Waals surface area contributed by atoms with Crippen molar-refractivity contribution in [1.29, 1.82) is 0 Å². The van der Waals surface area contributed by atoms with E-state index in [1.807, 2.05) is 20.8 Å². The fourth-order valence-electron chi connectivity index (χ4n) is 2.79. The second-order valence-electron chi connectivity index (χ2n) is 7.54. The predicted molar refractivity (Wildman–Crippen MR) is 93.2 cm³/mol. The molecule has 0 saturated carbocycles. The van der Waals surface area contributed by atoms with E-state index in [0.717, 1.165) is 25.9 Å². The zero-order valence-electron chi connectivity index (χ0n) is 14.3. The van der Waals surface area contributed by atoms with Crippen LogP contribution in [-0.2, 0) is 6.54 Å². The predicted octanol–water partition coefficient (Wildman–Crippen LogP) is 3.44. The Morgan fingerprint density at radius 2 is 2.00 bits per heavy atom. The summed E-state index contributed by atoms with van der Waals surface area (Å²) in [6, 6.07) is 5.25. The molecular weight excluding hydrogens is 315 g/mol. The molecule has 2 rings (SSSR count). The summed E-state index contributed by atoms with van der Waals surface area (Å²) in [6.45, 7) is 9.12. The SMILES string of the molecule is CC(C)(C)C(O)CNC1CCN(Cc2c(F)cccc2Cl)CC1. The van der Waals surface area contributed by atoms with Crippen LogP contribution in [-0.4, -0.2) is 41.8 Å². The number of hydrogen-bond acceptors (Lipinski definition) is 3. The van der Waals surface area contributed by atoms with Crippen LogP contribution in [0.15, 0.2) is 18.2 Å². The molecule has 0 spiro atoms. The highest BCUT2D eigenvalue weighted by atomic mass is 35.5. The fraction of sp³-hybridized carbons (Fsp3) is 0.667. The highest BCUT2D eigenvalue weighted by molar-refractivity contribution is 6.31. The van der Waals surface area contributed by atoms with E-state index in [1.54, 1.807) is 12.1 Å². The number of piperidine rings is 1. The maximum atomic E-state index is 13.9. The van der Waals surface area contributed by atoms with Crippen molar-refractivity contribution in [1.82, 2.24) is 10.2 Å². The van der Waals surface area contributed by atoms with Gasteiger partial charge in [0.25, 0.3) is 0 Å². The van der Waals surface area contributed by atoms with Crippen molar-refractivity contribution in [3.8, 4) is 0 Å². The molecule has 1 saturated heterocycles. The van der Waals surface area contributed by atoms with E-state index in [1.165, 1.54) is 6.07 Å². The molecule has 0 bridgehead atoms. The quantitative estimate of drug-likeness (QED) is 0.860. The van der Waals surface area contributed by atoms with E-state index in [4.69, 9.17) is 11.6 Å². The van der Waals surface area contributed by atoms with Crippen LogP contribution >= 0.6 is 11.6 Å².